The van der Waals surface area contributed by atoms with Gasteiger partial charge in [0.2, 0.25) is 0 Å². The molecule has 0 unspecified atom stereocenters. The highest BCUT2D eigenvalue weighted by molar-refractivity contribution is 8.33. The molecule has 2 aliphatic carbocycles. The lowest BCUT2D eigenvalue weighted by Gasteiger charge is -2.37. The van der Waals surface area contributed by atoms with Gasteiger partial charge in [0.25, 0.3) is 0 Å². The Labute approximate surface area is 323 Å². The van der Waals surface area contributed by atoms with Gasteiger partial charge in [-0.15, -0.1) is 0 Å². The molecule has 0 atom stereocenters. The first-order chi connectivity index (χ1) is 26.3. The normalized spacial score (nSPS) is 13.5. The standard InChI is InChI=1S/C47H30O4S3/c1-54(33-9-3-2-4-10-33,34-21-15-29(16-22-34)52-31-19-25-40-42(27-31)46(50)38-13-7-5-11-36(38)44(40)48)35-23-17-30(18-24-35)53-32-20-26-41-43(28-32)47(51)39-14-8-6-12-37(39)45(41)49/h2-28H,1H3. The van der Waals surface area contributed by atoms with Gasteiger partial charge >= 0.3 is 0 Å². The molecular formula is C47H30O4S3. The first-order valence-corrected chi connectivity index (χ1v) is 21.0. The quantitative estimate of drug-likeness (QED) is 0.161. The van der Waals surface area contributed by atoms with Gasteiger partial charge in [0, 0.05) is 64.1 Å². The maximum atomic E-state index is 13.3. The second-order valence-electron chi connectivity index (χ2n) is 13.2. The van der Waals surface area contributed by atoms with Gasteiger partial charge in [0.1, 0.15) is 0 Å². The third-order valence-electron chi connectivity index (χ3n) is 10.1. The maximum Gasteiger partial charge on any atom is 0.194 e. The summed E-state index contributed by atoms with van der Waals surface area (Å²) < 4.78 is 0. The van der Waals surface area contributed by atoms with Crippen LogP contribution in [0.5, 0.6) is 0 Å². The second-order valence-corrected chi connectivity index (χ2v) is 18.7. The zero-order valence-corrected chi connectivity index (χ0v) is 31.4. The molecular weight excluding hydrogens is 725 g/mol. The van der Waals surface area contributed by atoms with E-state index in [1.807, 2.05) is 30.3 Å². The van der Waals surface area contributed by atoms with E-state index in [1.165, 1.54) is 14.7 Å². The summed E-state index contributed by atoms with van der Waals surface area (Å²) in [5, 5.41) is 0. The minimum absolute atomic E-state index is 0.116. The molecule has 4 nitrogen and oxygen atoms in total. The molecule has 0 fully saturated rings. The Morgan fingerprint density at radius 1 is 0.315 bits per heavy atom. The third-order valence-corrected chi connectivity index (χ3v) is 15.7. The van der Waals surface area contributed by atoms with E-state index in [1.54, 1.807) is 84.2 Å². The Balaban J connectivity index is 0.975. The number of hydrogen-bond donors (Lipinski definition) is 0. The Hall–Kier alpha value is -5.73. The number of carbonyl (C=O) groups excluding carboxylic acids is 4. The molecule has 0 N–H and O–H groups in total. The molecule has 0 aliphatic heterocycles. The second kappa shape index (κ2) is 13.6. The van der Waals surface area contributed by atoms with Gasteiger partial charge in [-0.25, -0.2) is 0 Å². The third kappa shape index (κ3) is 5.76. The number of fused-ring (bicyclic) bond motifs is 4. The van der Waals surface area contributed by atoms with Gasteiger partial charge in [-0.1, -0.05) is 90.3 Å². The van der Waals surface area contributed by atoms with E-state index >= 15 is 0 Å². The van der Waals surface area contributed by atoms with Crippen LogP contribution >= 0.6 is 33.6 Å². The molecule has 9 rings (SSSR count). The van der Waals surface area contributed by atoms with Crippen molar-refractivity contribution in [2.75, 3.05) is 6.26 Å². The van der Waals surface area contributed by atoms with E-state index in [4.69, 9.17) is 0 Å². The predicted octanol–water partition coefficient (Wildman–Crippen LogP) is 11.5. The zero-order chi connectivity index (χ0) is 37.0. The van der Waals surface area contributed by atoms with Gasteiger partial charge in [-0.05, 0) is 118 Å². The Morgan fingerprint density at radius 3 is 1.00 bits per heavy atom. The van der Waals surface area contributed by atoms with Gasteiger partial charge in [-0.2, -0.15) is 10.0 Å². The number of hydrogen-bond acceptors (Lipinski definition) is 6. The maximum absolute atomic E-state index is 13.3. The average Bonchev–Trinajstić information content (AvgIpc) is 3.22. The fraction of sp³-hybridized carbons (Fsp3) is 0.0213. The van der Waals surface area contributed by atoms with Crippen molar-refractivity contribution in [1.82, 2.24) is 0 Å². The SMILES string of the molecule is CS(c1ccccc1)(c1ccc(Sc2ccc3c(c2)C(=O)c2ccccc2C3=O)cc1)c1ccc(Sc2ccc3c(c2)C(=O)c2ccccc2C3=O)cc1. The van der Waals surface area contributed by atoms with E-state index in [-0.39, 0.29) is 23.1 Å². The van der Waals surface area contributed by atoms with Crippen LogP contribution < -0.4 is 0 Å². The lowest BCUT2D eigenvalue weighted by Crippen LogP contribution is -2.20. The van der Waals surface area contributed by atoms with Crippen molar-refractivity contribution in [3.63, 3.8) is 0 Å². The summed E-state index contributed by atoms with van der Waals surface area (Å²) in [7, 11) is -1.64. The van der Waals surface area contributed by atoms with Crippen LogP contribution in [-0.2, 0) is 0 Å². The largest absolute Gasteiger partial charge is 0.289 e. The van der Waals surface area contributed by atoms with Crippen molar-refractivity contribution >= 4 is 56.7 Å². The molecule has 0 aromatic heterocycles. The summed E-state index contributed by atoms with van der Waals surface area (Å²) in [5.74, 6) is -0.472. The lowest BCUT2D eigenvalue weighted by molar-refractivity contribution is 0.0979. The Kier molecular flexibility index (Phi) is 8.58. The van der Waals surface area contributed by atoms with Gasteiger partial charge in [-0.3, -0.25) is 19.2 Å². The summed E-state index contributed by atoms with van der Waals surface area (Å²) in [5.41, 5.74) is 3.62. The van der Waals surface area contributed by atoms with E-state index in [2.05, 4.69) is 79.1 Å². The fourth-order valence-corrected chi connectivity index (χ4v) is 11.8. The molecule has 54 heavy (non-hydrogen) atoms. The first-order valence-electron chi connectivity index (χ1n) is 17.3. The van der Waals surface area contributed by atoms with Gasteiger partial charge in [0.05, 0.1) is 0 Å². The predicted molar refractivity (Wildman–Crippen MR) is 215 cm³/mol. The van der Waals surface area contributed by atoms with Crippen molar-refractivity contribution in [3.8, 4) is 0 Å². The molecule has 0 bridgehead atoms. The number of carbonyl (C=O) groups is 4. The molecule has 260 valence electrons. The molecule has 7 aromatic rings. The molecule has 7 aromatic carbocycles. The monoisotopic (exact) mass is 754 g/mol. The van der Waals surface area contributed by atoms with Crippen molar-refractivity contribution < 1.29 is 19.2 Å². The first kappa shape index (κ1) is 34.1. The number of benzene rings is 7. The van der Waals surface area contributed by atoms with Crippen LogP contribution in [0, 0.1) is 0 Å². The van der Waals surface area contributed by atoms with Crippen LogP contribution in [0.25, 0.3) is 0 Å². The molecule has 2 aliphatic rings. The summed E-state index contributed by atoms with van der Waals surface area (Å²) in [4.78, 5) is 60.4. The highest BCUT2D eigenvalue weighted by atomic mass is 32.3. The van der Waals surface area contributed by atoms with Crippen LogP contribution in [0.15, 0.2) is 198 Å². The van der Waals surface area contributed by atoms with Crippen LogP contribution in [0.2, 0.25) is 0 Å². The molecule has 0 spiro atoms. The summed E-state index contributed by atoms with van der Waals surface area (Å²) in [6, 6.07) is 52.9. The van der Waals surface area contributed by atoms with Crippen LogP contribution in [0.3, 0.4) is 0 Å². The van der Waals surface area contributed by atoms with E-state index in [0.717, 1.165) is 19.6 Å². The molecule has 0 saturated carbocycles. The topological polar surface area (TPSA) is 68.3 Å². The molecule has 0 heterocycles. The van der Waals surface area contributed by atoms with Crippen molar-refractivity contribution in [2.45, 2.75) is 34.3 Å². The van der Waals surface area contributed by atoms with Crippen LogP contribution in [-0.4, -0.2) is 29.4 Å². The highest BCUT2D eigenvalue weighted by Gasteiger charge is 2.31. The Morgan fingerprint density at radius 2 is 0.611 bits per heavy atom. The minimum atomic E-state index is -1.64. The van der Waals surface area contributed by atoms with E-state index in [0.29, 0.717) is 44.5 Å². The van der Waals surface area contributed by atoms with Crippen molar-refractivity contribution in [2.24, 2.45) is 0 Å². The molecule has 0 radical (unpaired) electrons. The lowest BCUT2D eigenvalue weighted by atomic mass is 9.84. The fourth-order valence-electron chi connectivity index (χ4n) is 7.22. The minimum Gasteiger partial charge on any atom is -0.289 e. The van der Waals surface area contributed by atoms with Gasteiger partial charge in [0.15, 0.2) is 23.1 Å². The summed E-state index contributed by atoms with van der Waals surface area (Å²) in [6.45, 7) is 0. The van der Waals surface area contributed by atoms with Crippen LogP contribution in [0.1, 0.15) is 63.7 Å². The molecule has 0 saturated heterocycles. The van der Waals surface area contributed by atoms with E-state index in [9.17, 15) is 19.2 Å². The van der Waals surface area contributed by atoms with Crippen LogP contribution in [0.4, 0.5) is 0 Å². The number of ketones is 4. The average molecular weight is 755 g/mol. The smallest absolute Gasteiger partial charge is 0.194 e. The van der Waals surface area contributed by atoms with Gasteiger partial charge < -0.3 is 0 Å². The Bertz CT molecular complexity index is 2520. The summed E-state index contributed by atoms with van der Waals surface area (Å²) in [6.07, 6.45) is 2.32. The molecule has 0 amide bonds. The van der Waals surface area contributed by atoms with E-state index < -0.39 is 10.0 Å². The zero-order valence-electron chi connectivity index (χ0n) is 28.9. The summed E-state index contributed by atoms with van der Waals surface area (Å²) >= 11 is 3.13. The van der Waals surface area contributed by atoms with Crippen molar-refractivity contribution in [3.05, 3.63) is 208 Å². The number of rotatable bonds is 7. The van der Waals surface area contributed by atoms with Crippen molar-refractivity contribution in [1.29, 1.82) is 0 Å². The molecule has 7 heteroatoms. The highest BCUT2D eigenvalue weighted by Crippen LogP contribution is 2.65.